The fraction of sp³-hybridized carbons (Fsp3) is 0.444. The molecule has 0 bridgehead atoms. The zero-order valence-electron chi connectivity index (χ0n) is 21.0. The molecule has 1 saturated heterocycles. The van der Waals surface area contributed by atoms with E-state index in [1.54, 1.807) is 12.3 Å². The summed E-state index contributed by atoms with van der Waals surface area (Å²) in [6.07, 6.45) is 6.82. The van der Waals surface area contributed by atoms with Gasteiger partial charge in [-0.25, -0.2) is 9.38 Å². The monoisotopic (exact) mass is 485 g/mol. The molecule has 2 N–H and O–H groups in total. The molecule has 2 heterocycles. The number of aliphatic imine (C=N–C) groups is 1. The van der Waals surface area contributed by atoms with E-state index in [-0.39, 0.29) is 11.2 Å². The molecule has 1 aromatic rings. The average molecular weight is 486 g/mol. The first-order valence-electron chi connectivity index (χ1n) is 11.9. The Hall–Kier alpha value is -2.35. The van der Waals surface area contributed by atoms with Gasteiger partial charge in [-0.1, -0.05) is 50.9 Å². The lowest BCUT2D eigenvalue weighted by Crippen LogP contribution is -2.42. The van der Waals surface area contributed by atoms with Crippen molar-refractivity contribution >= 4 is 27.0 Å². The molecule has 0 aromatic heterocycles. The van der Waals surface area contributed by atoms with Crippen molar-refractivity contribution in [3.63, 3.8) is 0 Å². The number of rotatable bonds is 7. The van der Waals surface area contributed by atoms with E-state index >= 15 is 0 Å². The molecule has 0 saturated carbocycles. The maximum absolute atomic E-state index is 14.3. The van der Waals surface area contributed by atoms with Gasteiger partial charge in [0.1, 0.15) is 11.7 Å². The van der Waals surface area contributed by atoms with Gasteiger partial charge in [0.15, 0.2) is 0 Å². The number of likely N-dealkylation sites (N-methyl/N-ethyl adjacent to an activating group) is 1. The van der Waals surface area contributed by atoms with Gasteiger partial charge in [-0.15, -0.1) is 9.39 Å². The van der Waals surface area contributed by atoms with E-state index in [4.69, 9.17) is 0 Å². The Bertz CT molecular complexity index is 1080. The van der Waals surface area contributed by atoms with Crippen LogP contribution in [0, 0.1) is 11.2 Å². The molecule has 0 aliphatic carbocycles. The molecule has 0 spiro atoms. The van der Waals surface area contributed by atoms with Crippen LogP contribution in [-0.2, 0) is 6.54 Å². The van der Waals surface area contributed by atoms with Crippen LogP contribution in [0.4, 0.5) is 4.39 Å². The quantitative estimate of drug-likeness (QED) is 0.542. The predicted octanol–water partition coefficient (Wildman–Crippen LogP) is 4.84. The molecule has 34 heavy (non-hydrogen) atoms. The molecular weight excluding hydrogens is 445 g/mol. The largest absolute Gasteiger partial charge is 0.380 e. The summed E-state index contributed by atoms with van der Waals surface area (Å²) in [5.74, 6) is 9.61. The first kappa shape index (κ1) is 26.3. The normalized spacial score (nSPS) is 22.7. The Morgan fingerprint density at radius 3 is 2.65 bits per heavy atom. The Morgan fingerprint density at radius 2 is 1.97 bits per heavy atom. The van der Waals surface area contributed by atoms with Crippen LogP contribution in [0.15, 0.2) is 64.9 Å². The molecule has 1 aromatic carbocycles. The minimum absolute atomic E-state index is 0.0780. The van der Waals surface area contributed by atoms with Crippen molar-refractivity contribution < 1.29 is 4.39 Å². The van der Waals surface area contributed by atoms with Crippen molar-refractivity contribution in [2.75, 3.05) is 33.2 Å². The number of amidine groups is 1. The third-order valence-corrected chi connectivity index (χ3v) is 9.23. The molecule has 0 unspecified atom stereocenters. The number of halogens is 1. The van der Waals surface area contributed by atoms with Crippen molar-refractivity contribution in [2.24, 2.45) is 10.4 Å². The molecule has 0 amide bonds. The van der Waals surface area contributed by atoms with Crippen LogP contribution in [0.1, 0.15) is 38.7 Å². The molecule has 2 aliphatic heterocycles. The van der Waals surface area contributed by atoms with Gasteiger partial charge < -0.3 is 15.5 Å². The second-order valence-electron chi connectivity index (χ2n) is 9.84. The van der Waals surface area contributed by atoms with Gasteiger partial charge in [-0.05, 0) is 44.0 Å². The van der Waals surface area contributed by atoms with E-state index in [1.807, 2.05) is 6.07 Å². The summed E-state index contributed by atoms with van der Waals surface area (Å²) in [6.45, 7) is 16.6. The molecular formula is C27H40FN5S. The summed E-state index contributed by atoms with van der Waals surface area (Å²) in [4.78, 5) is 7.68. The third-order valence-electron chi connectivity index (χ3n) is 6.68. The first-order chi connectivity index (χ1) is 16.0. The minimum atomic E-state index is -1.82. The fourth-order valence-electron chi connectivity index (χ4n) is 4.36. The molecule has 1 fully saturated rings. The topological polar surface area (TPSA) is 42.9 Å². The fourth-order valence-corrected chi connectivity index (χ4v) is 6.46. The number of nitrogens with zero attached hydrogens (tertiary/aromatic N) is 3. The van der Waals surface area contributed by atoms with Crippen LogP contribution in [0.5, 0.6) is 0 Å². The lowest BCUT2D eigenvalue weighted by Gasteiger charge is -2.38. The predicted molar refractivity (Wildman–Crippen MR) is 148 cm³/mol. The van der Waals surface area contributed by atoms with Crippen molar-refractivity contribution in [3.8, 4) is 0 Å². The Kier molecular flexibility index (Phi) is 8.44. The molecule has 7 heteroatoms. The number of piperazine rings is 1. The molecule has 3 rings (SSSR count). The number of allylic oxidation sites excluding steroid dienone is 1. The van der Waals surface area contributed by atoms with E-state index in [0.29, 0.717) is 6.54 Å². The maximum Gasteiger partial charge on any atom is 0.124 e. The van der Waals surface area contributed by atoms with E-state index in [2.05, 4.69) is 76.7 Å². The average Bonchev–Trinajstić information content (AvgIpc) is 2.78. The SMILES string of the molecule is C=CN=C1N/C(C(=C)NCc2ccc(F)cc2S(=C)(=C)N2CCN(C)CC2)=C\CCCC1(C)C. The summed E-state index contributed by atoms with van der Waals surface area (Å²) < 4.78 is 16.6. The summed E-state index contributed by atoms with van der Waals surface area (Å²) in [5.41, 5.74) is 2.61. The van der Waals surface area contributed by atoms with Gasteiger partial charge in [-0.2, -0.15) is 0 Å². The van der Waals surface area contributed by atoms with Crippen LogP contribution < -0.4 is 10.6 Å². The summed E-state index contributed by atoms with van der Waals surface area (Å²) in [7, 11) is 0.302. The number of hydrogen-bond acceptors (Lipinski definition) is 4. The lowest BCUT2D eigenvalue weighted by molar-refractivity contribution is 0.232. The second kappa shape index (κ2) is 10.9. The van der Waals surface area contributed by atoms with Crippen molar-refractivity contribution in [3.05, 3.63) is 66.4 Å². The zero-order chi connectivity index (χ0) is 24.9. The summed E-state index contributed by atoms with van der Waals surface area (Å²) in [6, 6.07) is 4.96. The Morgan fingerprint density at radius 1 is 1.26 bits per heavy atom. The Balaban J connectivity index is 1.79. The summed E-state index contributed by atoms with van der Waals surface area (Å²) in [5, 5.41) is 6.93. The van der Waals surface area contributed by atoms with Crippen molar-refractivity contribution in [2.45, 2.75) is 44.6 Å². The van der Waals surface area contributed by atoms with Gasteiger partial charge in [0.25, 0.3) is 0 Å². The highest BCUT2D eigenvalue weighted by molar-refractivity contribution is 8.25. The van der Waals surface area contributed by atoms with Crippen LogP contribution >= 0.6 is 9.39 Å². The van der Waals surface area contributed by atoms with Gasteiger partial charge >= 0.3 is 0 Å². The maximum atomic E-state index is 14.3. The number of benzene rings is 1. The highest BCUT2D eigenvalue weighted by Crippen LogP contribution is 2.39. The number of hydrogen-bond donors (Lipinski definition) is 2. The van der Waals surface area contributed by atoms with Crippen LogP contribution in [0.3, 0.4) is 0 Å². The van der Waals surface area contributed by atoms with Crippen LogP contribution in [0.25, 0.3) is 0 Å². The zero-order valence-corrected chi connectivity index (χ0v) is 21.8. The Labute approximate surface area is 205 Å². The smallest absolute Gasteiger partial charge is 0.124 e. The van der Waals surface area contributed by atoms with Gasteiger partial charge in [-0.3, -0.25) is 4.31 Å². The van der Waals surface area contributed by atoms with E-state index in [9.17, 15) is 4.39 Å². The van der Waals surface area contributed by atoms with Crippen LogP contribution in [-0.4, -0.2) is 60.0 Å². The highest BCUT2D eigenvalue weighted by Gasteiger charge is 2.27. The van der Waals surface area contributed by atoms with Gasteiger partial charge in [0, 0.05) is 49.2 Å². The molecule has 186 valence electrons. The molecule has 5 nitrogen and oxygen atoms in total. The van der Waals surface area contributed by atoms with Gasteiger partial charge in [0.05, 0.1) is 11.4 Å². The minimum Gasteiger partial charge on any atom is -0.380 e. The number of nitrogens with one attached hydrogen (secondary N) is 2. The first-order valence-corrected chi connectivity index (χ1v) is 13.8. The second-order valence-corrected chi connectivity index (χ2v) is 12.5. The molecule has 2 aliphatic rings. The molecule has 0 atom stereocenters. The standard InChI is InChI=1S/C27H40FN5S/c1-8-29-26-27(3,4)14-10-9-11-24(31-26)21(2)30-20-22-12-13-23(28)19-25(22)34(6,7)33-17-15-32(5)16-18-33/h8,11-13,19,30H,1-2,6-7,9-10,14-18,20H2,3-5H3,(H,29,31)/b24-11-. The highest BCUT2D eigenvalue weighted by atomic mass is 32.2. The third kappa shape index (κ3) is 6.20. The summed E-state index contributed by atoms with van der Waals surface area (Å²) >= 11 is 0. The van der Waals surface area contributed by atoms with Crippen molar-refractivity contribution in [1.29, 1.82) is 0 Å². The van der Waals surface area contributed by atoms with E-state index in [1.165, 1.54) is 6.07 Å². The lowest BCUT2D eigenvalue weighted by atomic mass is 9.84. The van der Waals surface area contributed by atoms with Crippen LogP contribution in [0.2, 0.25) is 0 Å². The molecule has 0 radical (unpaired) electrons. The van der Waals surface area contributed by atoms with E-state index in [0.717, 1.165) is 73.1 Å². The van der Waals surface area contributed by atoms with Crippen molar-refractivity contribution in [1.82, 2.24) is 19.8 Å². The van der Waals surface area contributed by atoms with Gasteiger partial charge in [0.2, 0.25) is 0 Å². The van der Waals surface area contributed by atoms with E-state index < -0.39 is 9.39 Å².